The Hall–Kier alpha value is -5.09. The van der Waals surface area contributed by atoms with Crippen molar-refractivity contribution in [3.63, 3.8) is 0 Å². The number of unbranched alkanes of at least 4 members (excludes halogenated alkanes) is 17. The van der Waals surface area contributed by atoms with Crippen LogP contribution in [0.5, 0.6) is 0 Å². The Balaban J connectivity index is 4.34. The fourth-order valence-corrected chi connectivity index (χ4v) is 8.28. The first kappa shape index (κ1) is 77.9. The highest BCUT2D eigenvalue weighted by Crippen LogP contribution is 2.14. The molecule has 0 N–H and O–H groups in total. The number of allylic oxidation sites excluding steroid dienone is 26. The van der Waals surface area contributed by atoms with Crippen molar-refractivity contribution < 1.29 is 42.9 Å². The number of carbonyl (C=O) groups is 3. The molecule has 0 spiro atoms. The smallest absolute Gasteiger partial charge is 0.306 e. The van der Waals surface area contributed by atoms with E-state index in [2.05, 4.69) is 172 Å². The largest absolute Gasteiger partial charge is 0.545 e. The Labute approximate surface area is 508 Å². The molecule has 0 aliphatic rings. The lowest BCUT2D eigenvalue weighted by molar-refractivity contribution is -0.870. The third-order valence-electron chi connectivity index (χ3n) is 13.3. The van der Waals surface area contributed by atoms with E-state index in [-0.39, 0.29) is 38.6 Å². The summed E-state index contributed by atoms with van der Waals surface area (Å²) in [5.41, 5.74) is 0. The molecule has 0 saturated carbocycles. The molecule has 0 fully saturated rings. The van der Waals surface area contributed by atoms with Gasteiger partial charge in [0, 0.05) is 12.8 Å². The zero-order valence-electron chi connectivity index (χ0n) is 53.2. The monoisotopic (exact) mass is 1150 g/mol. The minimum absolute atomic E-state index is 0.129. The molecule has 0 aromatic rings. The second-order valence-corrected chi connectivity index (χ2v) is 22.3. The van der Waals surface area contributed by atoms with Crippen LogP contribution in [0, 0.1) is 0 Å². The first-order chi connectivity index (χ1) is 40.6. The molecule has 0 radical (unpaired) electrons. The maximum atomic E-state index is 12.9. The molecule has 0 heterocycles. The van der Waals surface area contributed by atoms with E-state index < -0.39 is 24.3 Å². The molecule has 0 aliphatic heterocycles. The van der Waals surface area contributed by atoms with Crippen LogP contribution in [0.2, 0.25) is 0 Å². The van der Waals surface area contributed by atoms with E-state index in [1.807, 2.05) is 21.1 Å². The van der Waals surface area contributed by atoms with Crippen molar-refractivity contribution in [2.75, 3.05) is 47.5 Å². The van der Waals surface area contributed by atoms with E-state index in [9.17, 15) is 19.5 Å². The van der Waals surface area contributed by atoms with Gasteiger partial charge in [0.15, 0.2) is 12.4 Å². The molecule has 2 atom stereocenters. The van der Waals surface area contributed by atoms with Gasteiger partial charge in [-0.25, -0.2) is 0 Å². The maximum absolute atomic E-state index is 12.9. The lowest BCUT2D eigenvalue weighted by Crippen LogP contribution is -2.44. The highest BCUT2D eigenvalue weighted by Gasteiger charge is 2.22. The van der Waals surface area contributed by atoms with E-state index in [1.54, 1.807) is 0 Å². The molecular weight excluding hydrogens is 1030 g/mol. The van der Waals surface area contributed by atoms with Gasteiger partial charge in [0.25, 0.3) is 0 Å². The summed E-state index contributed by atoms with van der Waals surface area (Å²) in [6, 6.07) is 0. The summed E-state index contributed by atoms with van der Waals surface area (Å²) < 4.78 is 22.7. The Kier molecular flexibility index (Phi) is 59.1. The number of carboxylic acids is 1. The quantitative estimate of drug-likeness (QED) is 0.0195. The van der Waals surface area contributed by atoms with Crippen molar-refractivity contribution in [1.29, 1.82) is 0 Å². The van der Waals surface area contributed by atoms with Gasteiger partial charge in [-0.3, -0.25) is 9.59 Å². The Morgan fingerprint density at radius 2 is 0.687 bits per heavy atom. The predicted molar refractivity (Wildman–Crippen MR) is 352 cm³/mol. The summed E-state index contributed by atoms with van der Waals surface area (Å²) in [7, 11) is 5.90. The first-order valence-electron chi connectivity index (χ1n) is 32.6. The molecule has 0 amide bonds. The first-order valence-corrected chi connectivity index (χ1v) is 32.6. The minimum atomic E-state index is -1.65. The fourth-order valence-electron chi connectivity index (χ4n) is 8.28. The molecule has 0 aromatic carbocycles. The number of carbonyl (C=O) groups excluding carboxylic acids is 3. The van der Waals surface area contributed by atoms with E-state index in [0.29, 0.717) is 17.4 Å². The lowest BCUT2D eigenvalue weighted by atomic mass is 10.1. The Morgan fingerprint density at radius 3 is 1.05 bits per heavy atom. The Bertz CT molecular complexity index is 1920. The van der Waals surface area contributed by atoms with Crippen LogP contribution in [0.4, 0.5) is 0 Å². The zero-order chi connectivity index (χ0) is 60.5. The molecule has 0 saturated heterocycles. The molecule has 2 unspecified atom stereocenters. The van der Waals surface area contributed by atoms with Gasteiger partial charge in [0.2, 0.25) is 0 Å². The van der Waals surface area contributed by atoms with Gasteiger partial charge >= 0.3 is 11.9 Å². The molecule has 0 bridgehead atoms. The number of hydrogen-bond donors (Lipinski definition) is 0. The van der Waals surface area contributed by atoms with Gasteiger partial charge in [0.1, 0.15) is 13.2 Å². The van der Waals surface area contributed by atoms with Crippen LogP contribution in [0.1, 0.15) is 232 Å². The minimum Gasteiger partial charge on any atom is -0.545 e. The van der Waals surface area contributed by atoms with Gasteiger partial charge < -0.3 is 33.3 Å². The molecule has 83 heavy (non-hydrogen) atoms. The highest BCUT2D eigenvalue weighted by atomic mass is 16.7. The van der Waals surface area contributed by atoms with Gasteiger partial charge in [-0.2, -0.15) is 0 Å². The van der Waals surface area contributed by atoms with Gasteiger partial charge in [-0.1, -0.05) is 249 Å². The van der Waals surface area contributed by atoms with E-state index >= 15 is 0 Å². The van der Waals surface area contributed by atoms with Gasteiger partial charge in [-0.15, -0.1) is 0 Å². The maximum Gasteiger partial charge on any atom is 0.306 e. The van der Waals surface area contributed by atoms with Crippen LogP contribution in [0.3, 0.4) is 0 Å². The van der Waals surface area contributed by atoms with Crippen LogP contribution in [0.25, 0.3) is 0 Å². The number of likely N-dealkylation sites (N-methyl/N-ethyl adjacent to an activating group) is 1. The summed E-state index contributed by atoms with van der Waals surface area (Å²) in [5, 5.41) is 11.8. The second kappa shape index (κ2) is 62.9. The zero-order valence-corrected chi connectivity index (χ0v) is 53.2. The standard InChI is InChI=1S/C74H119NO8/c1-6-8-10-12-14-16-18-20-22-24-26-28-30-32-33-34-35-36-37-38-39-41-43-45-47-49-51-53-55-57-59-61-63-65-72(77)83-70(69-82-74(73(78)79)80-67-66-75(3,4)5)68-81-71(76)64-62-60-58-56-54-52-50-48-46-44-42-40-31-29-27-25-23-21-19-17-15-13-11-9-7-2/h8,10,14,16,19-22,25-28,31-33,35-36,38-40,43,45,49,51,55,57,70,74H,6-7,9,11-13,15,17-18,23-24,29-30,34,37,41-42,44,46-48,50,52-54,56,58-69H2,1-5H3/b10-8-,16-14-,21-19-,22-20-,27-25-,28-26-,33-32-,36-35-,39-38-,40-31-,45-43-,51-49-,57-55-. The van der Waals surface area contributed by atoms with Crippen molar-refractivity contribution >= 4 is 17.9 Å². The fraction of sp³-hybridized carbons (Fsp3) is 0.608. The summed E-state index contributed by atoms with van der Waals surface area (Å²) in [6.07, 6.45) is 90.2. The SMILES string of the molecule is CC/C=C\C/C=C\C/C=C\C/C=C\C/C=C\C/C=C\C/C=C\C/C=C\C/C=C\C/C=C\CCCCC(=O)OC(COC(=O)CCCCCCCCCCCC/C=C\C/C=C\C/C=C\CCCCCCC)COC(OCC[N+](C)(C)C)C(=O)[O-]. The van der Waals surface area contributed by atoms with Crippen LogP contribution < -0.4 is 5.11 Å². The summed E-state index contributed by atoms with van der Waals surface area (Å²) >= 11 is 0. The third kappa shape index (κ3) is 64.3. The second-order valence-electron chi connectivity index (χ2n) is 22.3. The summed E-state index contributed by atoms with van der Waals surface area (Å²) in [5.74, 6) is -2.37. The topological polar surface area (TPSA) is 111 Å². The third-order valence-corrected chi connectivity index (χ3v) is 13.3. The van der Waals surface area contributed by atoms with Crippen LogP contribution in [0.15, 0.2) is 158 Å². The summed E-state index contributed by atoms with van der Waals surface area (Å²) in [4.78, 5) is 37.4. The molecule has 468 valence electrons. The van der Waals surface area contributed by atoms with E-state index in [0.717, 1.165) is 122 Å². The number of carboxylic acid groups (broad SMARTS) is 1. The van der Waals surface area contributed by atoms with Crippen molar-refractivity contribution in [2.24, 2.45) is 0 Å². The molecule has 0 rings (SSSR count). The number of quaternary nitrogens is 1. The summed E-state index contributed by atoms with van der Waals surface area (Å²) in [6.45, 7) is 4.55. The normalized spacial score (nSPS) is 13.8. The number of esters is 2. The number of ether oxygens (including phenoxy) is 4. The van der Waals surface area contributed by atoms with Crippen molar-refractivity contribution in [3.8, 4) is 0 Å². The average Bonchev–Trinajstić information content (AvgIpc) is 3.46. The van der Waals surface area contributed by atoms with Crippen LogP contribution in [-0.2, 0) is 33.3 Å². The van der Waals surface area contributed by atoms with Crippen molar-refractivity contribution in [1.82, 2.24) is 0 Å². The van der Waals surface area contributed by atoms with Gasteiger partial charge in [-0.05, 0) is 128 Å². The lowest BCUT2D eigenvalue weighted by Gasteiger charge is -2.26. The molecule has 0 aromatic heterocycles. The van der Waals surface area contributed by atoms with E-state index in [4.69, 9.17) is 18.9 Å². The number of aliphatic carboxylic acids is 1. The number of rotatable bonds is 58. The number of hydrogen-bond acceptors (Lipinski definition) is 8. The van der Waals surface area contributed by atoms with Gasteiger partial charge in [0.05, 0.1) is 40.3 Å². The highest BCUT2D eigenvalue weighted by molar-refractivity contribution is 5.70. The molecule has 0 aliphatic carbocycles. The van der Waals surface area contributed by atoms with Crippen LogP contribution >= 0.6 is 0 Å². The number of nitrogens with zero attached hydrogens (tertiary/aromatic N) is 1. The predicted octanol–water partition coefficient (Wildman–Crippen LogP) is 18.8. The Morgan fingerprint density at radius 1 is 0.373 bits per heavy atom. The van der Waals surface area contributed by atoms with Crippen molar-refractivity contribution in [3.05, 3.63) is 158 Å². The molecular formula is C74H119NO8. The molecule has 9 nitrogen and oxygen atoms in total. The van der Waals surface area contributed by atoms with Crippen LogP contribution in [-0.4, -0.2) is 82.3 Å². The molecule has 9 heteroatoms. The van der Waals surface area contributed by atoms with Crippen molar-refractivity contribution in [2.45, 2.75) is 245 Å². The van der Waals surface area contributed by atoms with E-state index in [1.165, 1.54) is 77.0 Å². The average molecular weight is 1150 g/mol.